The van der Waals surface area contributed by atoms with Crippen molar-refractivity contribution >= 4 is 12.4 Å². The molecule has 1 aliphatic carbocycles. The van der Waals surface area contributed by atoms with Gasteiger partial charge in [-0.2, -0.15) is 0 Å². The van der Waals surface area contributed by atoms with E-state index in [4.69, 9.17) is 9.47 Å². The number of hydrogen-bond acceptors (Lipinski definition) is 3. The van der Waals surface area contributed by atoms with Gasteiger partial charge >= 0.3 is 0 Å². The summed E-state index contributed by atoms with van der Waals surface area (Å²) in [6, 6.07) is 0. The second kappa shape index (κ2) is 4.79. The molecule has 0 unspecified atom stereocenters. The van der Waals surface area contributed by atoms with Gasteiger partial charge < -0.3 is 14.8 Å². The van der Waals surface area contributed by atoms with Gasteiger partial charge in [0.25, 0.3) is 0 Å². The minimum absolute atomic E-state index is 0. The highest BCUT2D eigenvalue weighted by Gasteiger charge is 2.55. The van der Waals surface area contributed by atoms with Crippen LogP contribution >= 0.6 is 12.4 Å². The number of halogens is 1. The molecule has 1 heterocycles. The Balaban J connectivity index is 0.000000980. The van der Waals surface area contributed by atoms with Crippen LogP contribution in [0, 0.1) is 5.41 Å². The third kappa shape index (κ3) is 1.67. The van der Waals surface area contributed by atoms with Gasteiger partial charge in [0.1, 0.15) is 0 Å². The summed E-state index contributed by atoms with van der Waals surface area (Å²) in [4.78, 5) is 0. The van der Waals surface area contributed by atoms with Crippen LogP contribution in [0.3, 0.4) is 0 Å². The molecular formula is C10H20ClNO2. The molecule has 0 radical (unpaired) electrons. The maximum absolute atomic E-state index is 5.50. The summed E-state index contributed by atoms with van der Waals surface area (Å²) in [7, 11) is 3.64. The second-order valence-electron chi connectivity index (χ2n) is 4.17. The van der Waals surface area contributed by atoms with Gasteiger partial charge in [-0.25, -0.2) is 0 Å². The molecule has 14 heavy (non-hydrogen) atoms. The lowest BCUT2D eigenvalue weighted by Gasteiger charge is -2.56. The van der Waals surface area contributed by atoms with E-state index in [2.05, 4.69) is 5.32 Å². The van der Waals surface area contributed by atoms with Crippen molar-refractivity contribution in [3.63, 3.8) is 0 Å². The molecule has 2 atom stereocenters. The summed E-state index contributed by atoms with van der Waals surface area (Å²) in [6.45, 7) is 2.22. The first-order valence-electron chi connectivity index (χ1n) is 5.10. The van der Waals surface area contributed by atoms with Crippen molar-refractivity contribution in [3.8, 4) is 0 Å². The zero-order chi connectivity index (χ0) is 9.31. The average Bonchev–Trinajstić information content (AvgIpc) is 2.19. The fourth-order valence-electron chi connectivity index (χ4n) is 2.91. The van der Waals surface area contributed by atoms with Crippen LogP contribution in [0.25, 0.3) is 0 Å². The number of ether oxygens (including phenoxy) is 2. The Hall–Kier alpha value is 0.170. The van der Waals surface area contributed by atoms with Crippen LogP contribution in [0.5, 0.6) is 0 Å². The van der Waals surface area contributed by atoms with Crippen molar-refractivity contribution in [3.05, 3.63) is 0 Å². The molecule has 1 aliphatic heterocycles. The average molecular weight is 222 g/mol. The first-order chi connectivity index (χ1) is 6.33. The molecule has 0 amide bonds. The van der Waals surface area contributed by atoms with E-state index in [1.807, 2.05) is 14.2 Å². The SMILES string of the molecule is CO[C@H]1C[C@@H](OC)C12CCNCC2.Cl. The van der Waals surface area contributed by atoms with Gasteiger partial charge in [0.2, 0.25) is 0 Å². The highest BCUT2D eigenvalue weighted by atomic mass is 35.5. The quantitative estimate of drug-likeness (QED) is 0.761. The molecular weight excluding hydrogens is 202 g/mol. The molecule has 0 bridgehead atoms. The van der Waals surface area contributed by atoms with E-state index in [1.165, 1.54) is 12.8 Å². The highest BCUT2D eigenvalue weighted by molar-refractivity contribution is 5.85. The molecule has 2 rings (SSSR count). The number of piperidine rings is 1. The second-order valence-corrected chi connectivity index (χ2v) is 4.17. The van der Waals surface area contributed by atoms with E-state index < -0.39 is 0 Å². The Morgan fingerprint density at radius 2 is 1.57 bits per heavy atom. The van der Waals surface area contributed by atoms with Crippen LogP contribution < -0.4 is 5.32 Å². The van der Waals surface area contributed by atoms with E-state index in [1.54, 1.807) is 0 Å². The Bertz CT molecular complexity index is 171. The van der Waals surface area contributed by atoms with E-state index in [-0.39, 0.29) is 12.4 Å². The summed E-state index contributed by atoms with van der Waals surface area (Å²) in [5, 5.41) is 3.39. The van der Waals surface area contributed by atoms with Crippen LogP contribution in [0.4, 0.5) is 0 Å². The van der Waals surface area contributed by atoms with Crippen molar-refractivity contribution in [2.24, 2.45) is 5.41 Å². The smallest absolute Gasteiger partial charge is 0.0678 e. The fraction of sp³-hybridized carbons (Fsp3) is 1.00. The van der Waals surface area contributed by atoms with Crippen LogP contribution in [0.15, 0.2) is 0 Å². The summed E-state index contributed by atoms with van der Waals surface area (Å²) in [5.74, 6) is 0. The molecule has 4 heteroatoms. The molecule has 0 aromatic carbocycles. The number of methoxy groups -OCH3 is 2. The zero-order valence-electron chi connectivity index (χ0n) is 8.91. The molecule has 3 nitrogen and oxygen atoms in total. The van der Waals surface area contributed by atoms with E-state index >= 15 is 0 Å². The Labute approximate surface area is 91.9 Å². The maximum Gasteiger partial charge on any atom is 0.0678 e. The monoisotopic (exact) mass is 221 g/mol. The summed E-state index contributed by atoms with van der Waals surface area (Å²) >= 11 is 0. The van der Waals surface area contributed by atoms with Gasteiger partial charge in [-0.3, -0.25) is 0 Å². The minimum atomic E-state index is 0. The van der Waals surface area contributed by atoms with Crippen molar-refractivity contribution in [1.82, 2.24) is 5.32 Å². The third-order valence-electron chi connectivity index (χ3n) is 3.81. The summed E-state index contributed by atoms with van der Waals surface area (Å²) in [5.41, 5.74) is 0.328. The van der Waals surface area contributed by atoms with Crippen molar-refractivity contribution in [2.45, 2.75) is 31.5 Å². The molecule has 2 aliphatic rings. The first-order valence-corrected chi connectivity index (χ1v) is 5.10. The number of rotatable bonds is 2. The number of nitrogens with one attached hydrogen (secondary N) is 1. The molecule has 1 N–H and O–H groups in total. The van der Waals surface area contributed by atoms with Crippen molar-refractivity contribution in [2.75, 3.05) is 27.3 Å². The van der Waals surface area contributed by atoms with Gasteiger partial charge in [0, 0.05) is 26.1 Å². The molecule has 1 spiro atoms. The minimum Gasteiger partial charge on any atom is -0.381 e. The molecule has 1 saturated carbocycles. The van der Waals surface area contributed by atoms with Gasteiger partial charge in [-0.15, -0.1) is 12.4 Å². The Morgan fingerprint density at radius 1 is 1.07 bits per heavy atom. The number of hydrogen-bond donors (Lipinski definition) is 1. The molecule has 0 aromatic heterocycles. The molecule has 0 aromatic rings. The van der Waals surface area contributed by atoms with Gasteiger partial charge in [-0.1, -0.05) is 0 Å². The lowest BCUT2D eigenvalue weighted by Crippen LogP contribution is -2.62. The lowest BCUT2D eigenvalue weighted by molar-refractivity contribution is -0.204. The Kier molecular flexibility index (Phi) is 4.19. The van der Waals surface area contributed by atoms with Crippen molar-refractivity contribution < 1.29 is 9.47 Å². The van der Waals surface area contributed by atoms with Crippen molar-refractivity contribution in [1.29, 1.82) is 0 Å². The highest BCUT2D eigenvalue weighted by Crippen LogP contribution is 2.50. The molecule has 1 saturated heterocycles. The predicted octanol–water partition coefficient (Wildman–Crippen LogP) is 1.21. The third-order valence-corrected chi connectivity index (χ3v) is 3.81. The van der Waals surface area contributed by atoms with Crippen LogP contribution in [-0.4, -0.2) is 39.5 Å². The zero-order valence-corrected chi connectivity index (χ0v) is 9.73. The van der Waals surface area contributed by atoms with Crippen LogP contribution in [-0.2, 0) is 9.47 Å². The summed E-state index contributed by atoms with van der Waals surface area (Å²) in [6.07, 6.45) is 4.33. The topological polar surface area (TPSA) is 30.5 Å². The fourth-order valence-corrected chi connectivity index (χ4v) is 2.91. The summed E-state index contributed by atoms with van der Waals surface area (Å²) < 4.78 is 11.0. The van der Waals surface area contributed by atoms with Crippen LogP contribution in [0.2, 0.25) is 0 Å². The van der Waals surface area contributed by atoms with E-state index in [0.717, 1.165) is 19.5 Å². The molecule has 84 valence electrons. The normalized spacial score (nSPS) is 34.7. The van der Waals surface area contributed by atoms with E-state index in [0.29, 0.717) is 17.6 Å². The van der Waals surface area contributed by atoms with Crippen LogP contribution in [0.1, 0.15) is 19.3 Å². The van der Waals surface area contributed by atoms with Gasteiger partial charge in [-0.05, 0) is 25.9 Å². The lowest BCUT2D eigenvalue weighted by atomic mass is 9.58. The first kappa shape index (κ1) is 12.2. The van der Waals surface area contributed by atoms with Gasteiger partial charge in [0.05, 0.1) is 12.2 Å². The van der Waals surface area contributed by atoms with Gasteiger partial charge in [0.15, 0.2) is 0 Å². The Morgan fingerprint density at radius 3 is 2.00 bits per heavy atom. The predicted molar refractivity (Wildman–Crippen MR) is 58.0 cm³/mol. The molecule has 2 fully saturated rings. The maximum atomic E-state index is 5.50. The van der Waals surface area contributed by atoms with E-state index in [9.17, 15) is 0 Å². The largest absolute Gasteiger partial charge is 0.381 e. The standard InChI is InChI=1S/C10H19NO2.ClH/c1-12-8-7-9(13-2)10(8)3-5-11-6-4-10;/h8-9,11H,3-7H2,1-2H3;1H/t8-,9+;.